The Hall–Kier alpha value is -1.08. The second-order valence-corrected chi connectivity index (χ2v) is 2.62. The third kappa shape index (κ3) is 12.9. The SMILES string of the molecule is C=C/C=C(\C=C)C=C(CC)CC.CC.CN. The average molecular weight is 223 g/mol. The van der Waals surface area contributed by atoms with Gasteiger partial charge in [0.15, 0.2) is 0 Å². The normalized spacial score (nSPS) is 8.75. The van der Waals surface area contributed by atoms with E-state index in [4.69, 9.17) is 0 Å². The first-order chi connectivity index (χ1) is 7.78. The topological polar surface area (TPSA) is 26.0 Å². The maximum Gasteiger partial charge on any atom is -0.0195 e. The first-order valence-electron chi connectivity index (χ1n) is 6.00. The van der Waals surface area contributed by atoms with Gasteiger partial charge in [0.25, 0.3) is 0 Å². The van der Waals surface area contributed by atoms with Crippen molar-refractivity contribution in [2.75, 3.05) is 7.05 Å². The van der Waals surface area contributed by atoms with E-state index in [1.54, 1.807) is 6.08 Å². The summed E-state index contributed by atoms with van der Waals surface area (Å²) in [4.78, 5) is 0. The summed E-state index contributed by atoms with van der Waals surface area (Å²) >= 11 is 0. The van der Waals surface area contributed by atoms with Gasteiger partial charge >= 0.3 is 0 Å². The molecule has 0 rings (SSSR count). The fourth-order valence-electron chi connectivity index (χ4n) is 1.00. The fraction of sp³-hybridized carbons (Fsp3) is 0.467. The molecule has 0 heterocycles. The van der Waals surface area contributed by atoms with Gasteiger partial charge in [-0.3, -0.25) is 0 Å². The van der Waals surface area contributed by atoms with E-state index in [0.29, 0.717) is 0 Å². The van der Waals surface area contributed by atoms with Gasteiger partial charge in [0.2, 0.25) is 0 Å². The average Bonchev–Trinajstić information content (AvgIpc) is 2.39. The molecule has 94 valence electrons. The lowest BCUT2D eigenvalue weighted by molar-refractivity contribution is 0.976. The Bertz CT molecular complexity index is 203. The zero-order valence-electron chi connectivity index (χ0n) is 11.7. The van der Waals surface area contributed by atoms with E-state index in [1.807, 2.05) is 26.0 Å². The van der Waals surface area contributed by atoms with Gasteiger partial charge in [-0.05, 0) is 25.5 Å². The molecule has 1 nitrogen and oxygen atoms in total. The molecule has 0 amide bonds. The van der Waals surface area contributed by atoms with Crippen LogP contribution in [0.5, 0.6) is 0 Å². The van der Waals surface area contributed by atoms with E-state index in [1.165, 1.54) is 12.6 Å². The zero-order chi connectivity index (χ0) is 13.4. The Morgan fingerprint density at radius 3 is 1.75 bits per heavy atom. The van der Waals surface area contributed by atoms with Gasteiger partial charge in [-0.15, -0.1) is 0 Å². The molecule has 0 aromatic rings. The lowest BCUT2D eigenvalue weighted by atomic mass is 10.1. The van der Waals surface area contributed by atoms with Crippen molar-refractivity contribution in [2.24, 2.45) is 5.73 Å². The van der Waals surface area contributed by atoms with Crippen molar-refractivity contribution < 1.29 is 0 Å². The molecule has 0 spiro atoms. The van der Waals surface area contributed by atoms with E-state index in [2.05, 4.69) is 38.8 Å². The molecule has 0 aromatic heterocycles. The van der Waals surface area contributed by atoms with Gasteiger partial charge in [0.1, 0.15) is 0 Å². The third-order valence-corrected chi connectivity index (χ3v) is 1.83. The molecule has 0 fully saturated rings. The highest BCUT2D eigenvalue weighted by molar-refractivity contribution is 5.34. The maximum atomic E-state index is 4.50. The van der Waals surface area contributed by atoms with Gasteiger partial charge in [-0.1, -0.05) is 70.7 Å². The number of allylic oxidation sites excluding steroid dienone is 6. The van der Waals surface area contributed by atoms with Crippen LogP contribution in [0.25, 0.3) is 0 Å². The molecule has 1 heteroatoms. The van der Waals surface area contributed by atoms with E-state index in [9.17, 15) is 0 Å². The molecule has 0 bridgehead atoms. The smallest absolute Gasteiger partial charge is 0.0195 e. The highest BCUT2D eigenvalue weighted by atomic mass is 14.4. The quantitative estimate of drug-likeness (QED) is 0.675. The molecule has 0 saturated heterocycles. The van der Waals surface area contributed by atoms with Crippen molar-refractivity contribution >= 4 is 0 Å². The summed E-state index contributed by atoms with van der Waals surface area (Å²) in [5.74, 6) is 0. The van der Waals surface area contributed by atoms with Crippen molar-refractivity contribution in [1.82, 2.24) is 0 Å². The van der Waals surface area contributed by atoms with Gasteiger partial charge < -0.3 is 5.73 Å². The number of hydrogen-bond acceptors (Lipinski definition) is 1. The molecule has 2 N–H and O–H groups in total. The molecule has 0 aromatic carbocycles. The Labute approximate surface area is 102 Å². The molecular formula is C15H29N. The molecule has 0 radical (unpaired) electrons. The minimum absolute atomic E-state index is 1.11. The van der Waals surface area contributed by atoms with E-state index < -0.39 is 0 Å². The Morgan fingerprint density at radius 2 is 1.50 bits per heavy atom. The first kappa shape index (κ1) is 20.3. The zero-order valence-corrected chi connectivity index (χ0v) is 11.7. The van der Waals surface area contributed by atoms with Crippen LogP contribution in [0.15, 0.2) is 48.6 Å². The van der Waals surface area contributed by atoms with E-state index >= 15 is 0 Å². The Balaban J connectivity index is -0.000000376. The summed E-state index contributed by atoms with van der Waals surface area (Å²) in [5.41, 5.74) is 7.09. The number of nitrogens with two attached hydrogens (primary N) is 1. The van der Waals surface area contributed by atoms with Crippen molar-refractivity contribution in [3.8, 4) is 0 Å². The highest BCUT2D eigenvalue weighted by Gasteiger charge is 1.90. The summed E-state index contributed by atoms with van der Waals surface area (Å²) in [6.45, 7) is 15.7. The molecule has 0 atom stereocenters. The van der Waals surface area contributed by atoms with Crippen LogP contribution in [0.2, 0.25) is 0 Å². The monoisotopic (exact) mass is 223 g/mol. The predicted molar refractivity (Wildman–Crippen MR) is 78.6 cm³/mol. The molecular weight excluding hydrogens is 194 g/mol. The second-order valence-electron chi connectivity index (χ2n) is 2.62. The minimum Gasteiger partial charge on any atom is -0.333 e. The standard InChI is InChI=1S/C12H18.C2H6.CH5N/c1-5-9-12(8-4)10-11(6-2)7-3;2*1-2/h5,8-10H,1,4,6-7H2,2-3H3;1-2H3;2H2,1H3/b12-9+;;. The summed E-state index contributed by atoms with van der Waals surface area (Å²) in [6, 6.07) is 0. The van der Waals surface area contributed by atoms with Crippen molar-refractivity contribution in [3.63, 3.8) is 0 Å². The Morgan fingerprint density at radius 1 is 1.06 bits per heavy atom. The largest absolute Gasteiger partial charge is 0.333 e. The molecule has 16 heavy (non-hydrogen) atoms. The summed E-state index contributed by atoms with van der Waals surface area (Å²) in [5, 5.41) is 0. The second kappa shape index (κ2) is 19.5. The lowest BCUT2D eigenvalue weighted by Gasteiger charge is -1.99. The highest BCUT2D eigenvalue weighted by Crippen LogP contribution is 2.10. The molecule has 0 aliphatic rings. The van der Waals surface area contributed by atoms with Crippen LogP contribution in [0, 0.1) is 0 Å². The van der Waals surface area contributed by atoms with Crippen LogP contribution in [0.4, 0.5) is 0 Å². The van der Waals surface area contributed by atoms with Crippen molar-refractivity contribution in [3.05, 3.63) is 48.6 Å². The van der Waals surface area contributed by atoms with Crippen LogP contribution >= 0.6 is 0 Å². The number of rotatable bonds is 5. The van der Waals surface area contributed by atoms with Gasteiger partial charge in [0, 0.05) is 0 Å². The fourth-order valence-corrected chi connectivity index (χ4v) is 1.00. The van der Waals surface area contributed by atoms with Crippen molar-refractivity contribution in [1.29, 1.82) is 0 Å². The Kier molecular flexibility index (Phi) is 24.8. The lowest BCUT2D eigenvalue weighted by Crippen LogP contribution is -1.79. The van der Waals surface area contributed by atoms with Gasteiger partial charge in [-0.25, -0.2) is 0 Å². The van der Waals surface area contributed by atoms with Crippen LogP contribution in [0.3, 0.4) is 0 Å². The summed E-state index contributed by atoms with van der Waals surface area (Å²) in [6.07, 6.45) is 10.0. The molecule has 0 saturated carbocycles. The van der Waals surface area contributed by atoms with E-state index in [-0.39, 0.29) is 0 Å². The van der Waals surface area contributed by atoms with Gasteiger partial charge in [0.05, 0.1) is 0 Å². The van der Waals surface area contributed by atoms with Crippen LogP contribution in [0.1, 0.15) is 40.5 Å². The predicted octanol–water partition coefficient (Wildman–Crippen LogP) is 4.63. The van der Waals surface area contributed by atoms with Crippen LogP contribution in [-0.2, 0) is 0 Å². The summed E-state index contributed by atoms with van der Waals surface area (Å²) < 4.78 is 0. The van der Waals surface area contributed by atoms with Gasteiger partial charge in [-0.2, -0.15) is 0 Å². The third-order valence-electron chi connectivity index (χ3n) is 1.83. The first-order valence-corrected chi connectivity index (χ1v) is 6.00. The molecule has 0 aliphatic heterocycles. The van der Waals surface area contributed by atoms with Crippen LogP contribution < -0.4 is 5.73 Å². The van der Waals surface area contributed by atoms with Crippen molar-refractivity contribution in [2.45, 2.75) is 40.5 Å². The summed E-state index contributed by atoms with van der Waals surface area (Å²) in [7, 11) is 1.50. The maximum absolute atomic E-state index is 4.50. The minimum atomic E-state index is 1.11. The molecule has 0 unspecified atom stereocenters. The number of hydrogen-bond donors (Lipinski definition) is 1. The molecule has 0 aliphatic carbocycles. The van der Waals surface area contributed by atoms with E-state index in [0.717, 1.165) is 18.4 Å². The van der Waals surface area contributed by atoms with Crippen LogP contribution in [-0.4, -0.2) is 7.05 Å².